The Bertz CT molecular complexity index is 906. The van der Waals surface area contributed by atoms with Crippen molar-refractivity contribution in [3.63, 3.8) is 0 Å². The van der Waals surface area contributed by atoms with Crippen molar-refractivity contribution >= 4 is 27.4 Å². The average molecular weight is 378 g/mol. The zero-order valence-electron chi connectivity index (χ0n) is 14.0. The minimum absolute atomic E-state index is 0.0133. The van der Waals surface area contributed by atoms with E-state index in [1.165, 1.54) is 48.8 Å². The number of carbonyl (C=O) groups is 1. The Morgan fingerprint density at radius 3 is 2.58 bits per heavy atom. The molecular formula is C19H16F2O4S. The van der Waals surface area contributed by atoms with E-state index in [0.29, 0.717) is 26.3 Å². The Balaban J connectivity index is 1.66. The van der Waals surface area contributed by atoms with E-state index in [0.717, 1.165) is 0 Å². The number of esters is 1. The zero-order chi connectivity index (χ0) is 18.5. The molecule has 0 bridgehead atoms. The molecule has 0 amide bonds. The first-order valence-corrected chi connectivity index (χ1v) is 8.66. The van der Waals surface area contributed by atoms with Crippen LogP contribution in [0.2, 0.25) is 0 Å². The summed E-state index contributed by atoms with van der Waals surface area (Å²) in [6, 6.07) is 10.2. The van der Waals surface area contributed by atoms with Crippen LogP contribution in [0.1, 0.15) is 15.2 Å². The second kappa shape index (κ2) is 8.25. The fourth-order valence-corrected chi connectivity index (χ4v) is 3.62. The lowest BCUT2D eigenvalue weighted by Gasteiger charge is -2.08. The van der Waals surface area contributed by atoms with E-state index in [-0.39, 0.29) is 25.6 Å². The van der Waals surface area contributed by atoms with Gasteiger partial charge in [-0.2, -0.15) is 0 Å². The quantitative estimate of drug-likeness (QED) is 0.447. The third-order valence-electron chi connectivity index (χ3n) is 3.64. The highest BCUT2D eigenvalue weighted by atomic mass is 32.1. The van der Waals surface area contributed by atoms with E-state index in [9.17, 15) is 13.6 Å². The van der Waals surface area contributed by atoms with Gasteiger partial charge in [0.25, 0.3) is 0 Å². The van der Waals surface area contributed by atoms with Gasteiger partial charge in [-0.1, -0.05) is 6.07 Å². The van der Waals surface area contributed by atoms with Crippen molar-refractivity contribution in [1.29, 1.82) is 0 Å². The molecule has 7 heteroatoms. The molecule has 0 spiro atoms. The molecule has 1 aromatic heterocycles. The number of carbonyl (C=O) groups excluding carboxylic acids is 1. The Morgan fingerprint density at radius 1 is 1.08 bits per heavy atom. The summed E-state index contributed by atoms with van der Waals surface area (Å²) in [5, 5.41) is 0.383. The van der Waals surface area contributed by atoms with Crippen molar-refractivity contribution in [1.82, 2.24) is 0 Å². The van der Waals surface area contributed by atoms with Gasteiger partial charge in [-0.05, 0) is 36.4 Å². The molecule has 3 rings (SSSR count). The van der Waals surface area contributed by atoms with Gasteiger partial charge in [-0.15, -0.1) is 11.3 Å². The largest absolute Gasteiger partial charge is 0.490 e. The molecule has 0 fully saturated rings. The van der Waals surface area contributed by atoms with E-state index in [1.807, 2.05) is 0 Å². The van der Waals surface area contributed by atoms with Gasteiger partial charge in [0.05, 0.1) is 6.61 Å². The minimum atomic E-state index is -0.555. The van der Waals surface area contributed by atoms with Gasteiger partial charge in [0.1, 0.15) is 35.5 Å². The van der Waals surface area contributed by atoms with E-state index in [2.05, 4.69) is 0 Å². The number of halogens is 2. The molecule has 0 aliphatic carbocycles. The summed E-state index contributed by atoms with van der Waals surface area (Å²) in [6.07, 6.45) is 0. The SMILES string of the molecule is COCc1c(C(=O)OCCOc2ccc(F)cc2)sc2cccc(F)c12. The van der Waals surface area contributed by atoms with Gasteiger partial charge >= 0.3 is 5.97 Å². The number of methoxy groups -OCH3 is 1. The second-order valence-electron chi connectivity index (χ2n) is 5.39. The van der Waals surface area contributed by atoms with Crippen LogP contribution in [0.5, 0.6) is 5.75 Å². The van der Waals surface area contributed by atoms with Gasteiger partial charge in [0, 0.05) is 22.8 Å². The van der Waals surface area contributed by atoms with Crippen molar-refractivity contribution in [2.75, 3.05) is 20.3 Å². The Hall–Kier alpha value is -2.51. The van der Waals surface area contributed by atoms with Crippen molar-refractivity contribution < 1.29 is 27.8 Å². The van der Waals surface area contributed by atoms with Crippen LogP contribution in [0.25, 0.3) is 10.1 Å². The number of ether oxygens (including phenoxy) is 3. The predicted molar refractivity (Wildman–Crippen MR) is 94.7 cm³/mol. The number of fused-ring (bicyclic) bond motifs is 1. The van der Waals surface area contributed by atoms with Gasteiger partial charge in [-0.3, -0.25) is 0 Å². The molecule has 0 unspecified atom stereocenters. The van der Waals surface area contributed by atoms with E-state index >= 15 is 0 Å². The molecule has 0 aliphatic rings. The molecule has 0 saturated carbocycles. The van der Waals surface area contributed by atoms with E-state index in [1.54, 1.807) is 12.1 Å². The smallest absolute Gasteiger partial charge is 0.348 e. The summed E-state index contributed by atoms with van der Waals surface area (Å²) in [6.45, 7) is 0.243. The fourth-order valence-electron chi connectivity index (χ4n) is 2.50. The standard InChI is InChI=1S/C19H16F2O4S/c1-23-11-14-17-15(21)3-2-4-16(17)26-18(14)19(22)25-10-9-24-13-7-5-12(20)6-8-13/h2-8H,9-11H2,1H3. The molecule has 0 radical (unpaired) electrons. The topological polar surface area (TPSA) is 44.8 Å². The maximum absolute atomic E-state index is 14.1. The maximum Gasteiger partial charge on any atom is 0.348 e. The Labute approximate surface area is 152 Å². The molecule has 136 valence electrons. The fraction of sp³-hybridized carbons (Fsp3) is 0.211. The van der Waals surface area contributed by atoms with Crippen LogP contribution in [0, 0.1) is 11.6 Å². The molecule has 0 aliphatic heterocycles. The summed E-state index contributed by atoms with van der Waals surface area (Å²) >= 11 is 1.17. The number of thiophene rings is 1. The molecule has 0 N–H and O–H groups in total. The average Bonchev–Trinajstić information content (AvgIpc) is 3.00. The van der Waals surface area contributed by atoms with Gasteiger partial charge in [0.15, 0.2) is 0 Å². The van der Waals surface area contributed by atoms with Crippen LogP contribution in [0.15, 0.2) is 42.5 Å². The Morgan fingerprint density at radius 2 is 1.85 bits per heavy atom. The lowest BCUT2D eigenvalue weighted by molar-refractivity contribution is 0.0452. The molecule has 0 atom stereocenters. The van der Waals surface area contributed by atoms with Crippen LogP contribution in [0.3, 0.4) is 0 Å². The van der Waals surface area contributed by atoms with Crippen molar-refractivity contribution in [3.05, 3.63) is 64.5 Å². The first-order valence-electron chi connectivity index (χ1n) is 7.84. The van der Waals surface area contributed by atoms with E-state index < -0.39 is 11.8 Å². The molecule has 4 nitrogen and oxygen atoms in total. The lowest BCUT2D eigenvalue weighted by atomic mass is 10.1. The van der Waals surface area contributed by atoms with Gasteiger partial charge < -0.3 is 14.2 Å². The molecule has 1 heterocycles. The highest BCUT2D eigenvalue weighted by molar-refractivity contribution is 7.21. The second-order valence-corrected chi connectivity index (χ2v) is 6.45. The van der Waals surface area contributed by atoms with Crippen LogP contribution in [0.4, 0.5) is 8.78 Å². The first-order chi connectivity index (χ1) is 12.6. The highest BCUT2D eigenvalue weighted by Crippen LogP contribution is 2.34. The third-order valence-corrected chi connectivity index (χ3v) is 4.81. The van der Waals surface area contributed by atoms with Crippen LogP contribution >= 0.6 is 11.3 Å². The first kappa shape index (κ1) is 18.3. The number of hydrogen-bond acceptors (Lipinski definition) is 5. The van der Waals surface area contributed by atoms with Crippen molar-refractivity contribution in [2.45, 2.75) is 6.61 Å². The molecule has 26 heavy (non-hydrogen) atoms. The zero-order valence-corrected chi connectivity index (χ0v) is 14.8. The number of rotatable bonds is 7. The third kappa shape index (κ3) is 4.00. The molecule has 3 aromatic rings. The van der Waals surface area contributed by atoms with Crippen LogP contribution in [-0.4, -0.2) is 26.3 Å². The van der Waals surface area contributed by atoms with Crippen molar-refractivity contribution in [3.8, 4) is 5.75 Å². The van der Waals surface area contributed by atoms with Crippen molar-refractivity contribution in [2.24, 2.45) is 0 Å². The molecule has 2 aromatic carbocycles. The predicted octanol–water partition coefficient (Wildman–Crippen LogP) is 4.56. The van der Waals surface area contributed by atoms with Gasteiger partial charge in [0.2, 0.25) is 0 Å². The Kier molecular flexibility index (Phi) is 5.80. The maximum atomic E-state index is 14.1. The summed E-state index contributed by atoms with van der Waals surface area (Å²) in [5.41, 5.74) is 0.482. The summed E-state index contributed by atoms with van der Waals surface area (Å²) in [4.78, 5) is 12.7. The van der Waals surface area contributed by atoms with Crippen LogP contribution in [-0.2, 0) is 16.1 Å². The molecular weight excluding hydrogens is 362 g/mol. The van der Waals surface area contributed by atoms with Gasteiger partial charge in [-0.25, -0.2) is 13.6 Å². The summed E-state index contributed by atoms with van der Waals surface area (Å²) in [7, 11) is 1.48. The summed E-state index contributed by atoms with van der Waals surface area (Å²) < 4.78 is 43.3. The summed E-state index contributed by atoms with van der Waals surface area (Å²) in [5.74, 6) is -0.831. The normalized spacial score (nSPS) is 10.9. The highest BCUT2D eigenvalue weighted by Gasteiger charge is 2.21. The monoisotopic (exact) mass is 378 g/mol. The van der Waals surface area contributed by atoms with Crippen LogP contribution < -0.4 is 4.74 Å². The number of benzene rings is 2. The van der Waals surface area contributed by atoms with E-state index in [4.69, 9.17) is 14.2 Å². The number of hydrogen-bond donors (Lipinski definition) is 0. The minimum Gasteiger partial charge on any atom is -0.490 e. The molecule has 0 saturated heterocycles. The lowest BCUT2D eigenvalue weighted by Crippen LogP contribution is -2.13.